The lowest BCUT2D eigenvalue weighted by atomic mass is 9.83. The second-order valence-corrected chi connectivity index (χ2v) is 8.42. The SMILES string of the molecule is CC1=NC(C)=C(C(=O)O)C(c2cccc(Cl)c2)C1P(C)C. The topological polar surface area (TPSA) is 49.7 Å². The van der Waals surface area contributed by atoms with Crippen LogP contribution in [0.5, 0.6) is 0 Å². The van der Waals surface area contributed by atoms with Crippen LogP contribution in [0.2, 0.25) is 5.02 Å². The summed E-state index contributed by atoms with van der Waals surface area (Å²) in [5, 5.41) is 10.3. The Labute approximate surface area is 131 Å². The van der Waals surface area contributed by atoms with Crippen LogP contribution in [0.15, 0.2) is 40.5 Å². The minimum absolute atomic E-state index is 0.133. The number of carbonyl (C=O) groups is 1. The Bertz CT molecular complexity index is 637. The summed E-state index contributed by atoms with van der Waals surface area (Å²) >= 11 is 6.10. The van der Waals surface area contributed by atoms with Crippen molar-refractivity contribution >= 4 is 31.2 Å². The zero-order valence-corrected chi connectivity index (χ0v) is 14.2. The number of carboxylic acids is 1. The highest BCUT2D eigenvalue weighted by atomic mass is 35.5. The van der Waals surface area contributed by atoms with Gasteiger partial charge in [0.05, 0.1) is 5.57 Å². The van der Waals surface area contributed by atoms with Crippen LogP contribution in [-0.4, -0.2) is 35.8 Å². The molecule has 0 saturated carbocycles. The number of hydrogen-bond acceptors (Lipinski definition) is 2. The Morgan fingerprint density at radius 3 is 2.52 bits per heavy atom. The van der Waals surface area contributed by atoms with Crippen LogP contribution in [0.4, 0.5) is 0 Å². The van der Waals surface area contributed by atoms with Crippen molar-refractivity contribution in [3.05, 3.63) is 46.1 Å². The first-order chi connectivity index (χ1) is 9.82. The Balaban J connectivity index is 2.65. The zero-order valence-electron chi connectivity index (χ0n) is 12.6. The van der Waals surface area contributed by atoms with Crippen molar-refractivity contribution in [3.8, 4) is 0 Å². The number of benzene rings is 1. The van der Waals surface area contributed by atoms with E-state index in [0.29, 0.717) is 16.3 Å². The lowest BCUT2D eigenvalue weighted by molar-refractivity contribution is -0.133. The number of hydrogen-bond donors (Lipinski definition) is 1. The van der Waals surface area contributed by atoms with Crippen molar-refractivity contribution in [2.45, 2.75) is 25.4 Å². The molecule has 0 amide bonds. The van der Waals surface area contributed by atoms with Crippen molar-refractivity contribution in [2.75, 3.05) is 13.3 Å². The van der Waals surface area contributed by atoms with E-state index >= 15 is 0 Å². The molecule has 112 valence electrons. The van der Waals surface area contributed by atoms with Gasteiger partial charge in [-0.2, -0.15) is 0 Å². The Kier molecular flexibility index (Phi) is 4.85. The lowest BCUT2D eigenvalue weighted by Gasteiger charge is -2.35. The highest BCUT2D eigenvalue weighted by molar-refractivity contribution is 7.58. The Morgan fingerprint density at radius 2 is 2.00 bits per heavy atom. The molecule has 1 heterocycles. The molecule has 1 aliphatic heterocycles. The molecule has 2 unspecified atom stereocenters. The molecule has 3 nitrogen and oxygen atoms in total. The van der Waals surface area contributed by atoms with E-state index in [1.807, 2.05) is 31.2 Å². The number of halogens is 1. The van der Waals surface area contributed by atoms with Crippen molar-refractivity contribution < 1.29 is 9.90 Å². The lowest BCUT2D eigenvalue weighted by Crippen LogP contribution is -2.32. The molecule has 0 radical (unpaired) electrons. The summed E-state index contributed by atoms with van der Waals surface area (Å²) in [5.74, 6) is -1.07. The third-order valence-corrected chi connectivity index (χ3v) is 5.80. The largest absolute Gasteiger partial charge is 0.478 e. The predicted molar refractivity (Wildman–Crippen MR) is 90.2 cm³/mol. The molecule has 1 aromatic carbocycles. The average Bonchev–Trinajstić information content (AvgIpc) is 2.36. The maximum absolute atomic E-state index is 11.8. The van der Waals surface area contributed by atoms with E-state index in [1.165, 1.54) is 0 Å². The van der Waals surface area contributed by atoms with Gasteiger partial charge in [0.15, 0.2) is 0 Å². The first kappa shape index (κ1) is 16.2. The zero-order chi connectivity index (χ0) is 15.7. The van der Waals surface area contributed by atoms with Crippen LogP contribution in [0.25, 0.3) is 0 Å². The number of aliphatic carboxylic acids is 1. The van der Waals surface area contributed by atoms with E-state index in [4.69, 9.17) is 11.6 Å². The third kappa shape index (κ3) is 3.20. The van der Waals surface area contributed by atoms with Gasteiger partial charge in [-0.25, -0.2) is 4.79 Å². The maximum atomic E-state index is 11.8. The van der Waals surface area contributed by atoms with E-state index in [1.54, 1.807) is 6.92 Å². The molecule has 0 saturated heterocycles. The molecule has 21 heavy (non-hydrogen) atoms. The summed E-state index contributed by atoms with van der Waals surface area (Å²) in [6.45, 7) is 8.09. The van der Waals surface area contributed by atoms with Gasteiger partial charge in [-0.05, 0) is 44.9 Å². The van der Waals surface area contributed by atoms with Gasteiger partial charge in [0.2, 0.25) is 0 Å². The molecule has 1 aromatic rings. The van der Waals surface area contributed by atoms with Gasteiger partial charge in [-0.3, -0.25) is 4.99 Å². The van der Waals surface area contributed by atoms with E-state index < -0.39 is 5.97 Å². The second kappa shape index (κ2) is 6.29. The molecular weight excluding hydrogens is 305 g/mol. The first-order valence-electron chi connectivity index (χ1n) is 6.74. The van der Waals surface area contributed by atoms with Gasteiger partial charge in [0.1, 0.15) is 0 Å². The maximum Gasteiger partial charge on any atom is 0.334 e. The van der Waals surface area contributed by atoms with Gasteiger partial charge in [-0.15, -0.1) is 7.92 Å². The number of carboxylic acid groups (broad SMARTS) is 1. The molecule has 0 bridgehead atoms. The first-order valence-corrected chi connectivity index (χ1v) is 9.42. The highest BCUT2D eigenvalue weighted by Crippen LogP contribution is 2.48. The normalized spacial score (nSPS) is 22.5. The van der Waals surface area contributed by atoms with Crippen LogP contribution in [0.3, 0.4) is 0 Å². The molecule has 5 heteroatoms. The standard InChI is InChI=1S/C16H19ClNO2P/c1-9-13(16(19)20)14(11-6-5-7-12(17)8-11)15(21(3)4)10(2)18-9/h5-8,14-15H,1-4H3,(H,19,20). The van der Waals surface area contributed by atoms with Crippen LogP contribution in [-0.2, 0) is 4.79 Å². The average molecular weight is 324 g/mol. The number of nitrogens with zero attached hydrogens (tertiary/aromatic N) is 1. The minimum atomic E-state index is -0.893. The monoisotopic (exact) mass is 323 g/mol. The summed E-state index contributed by atoms with van der Waals surface area (Å²) in [6, 6.07) is 7.50. The fraction of sp³-hybridized carbons (Fsp3) is 0.375. The van der Waals surface area contributed by atoms with Crippen molar-refractivity contribution in [3.63, 3.8) is 0 Å². The number of aliphatic imine (C=N–C) groups is 1. The molecule has 0 aromatic heterocycles. The molecule has 2 rings (SSSR count). The Morgan fingerprint density at radius 1 is 1.33 bits per heavy atom. The van der Waals surface area contributed by atoms with Gasteiger partial charge in [0.25, 0.3) is 0 Å². The molecule has 0 spiro atoms. The summed E-state index contributed by atoms with van der Waals surface area (Å²) in [4.78, 5) is 16.2. The summed E-state index contributed by atoms with van der Waals surface area (Å²) in [5.41, 5.74) is 3.09. The smallest absolute Gasteiger partial charge is 0.334 e. The number of allylic oxidation sites excluding steroid dienone is 1. The van der Waals surface area contributed by atoms with Crippen molar-refractivity contribution in [2.24, 2.45) is 4.99 Å². The van der Waals surface area contributed by atoms with Crippen LogP contribution < -0.4 is 0 Å². The molecule has 0 fully saturated rings. The highest BCUT2D eigenvalue weighted by Gasteiger charge is 2.38. The summed E-state index contributed by atoms with van der Waals surface area (Å²) < 4.78 is 0. The van der Waals surface area contributed by atoms with E-state index in [9.17, 15) is 9.90 Å². The predicted octanol–water partition coefficient (Wildman–Crippen LogP) is 4.37. The van der Waals surface area contributed by atoms with Gasteiger partial charge < -0.3 is 5.11 Å². The van der Waals surface area contributed by atoms with Gasteiger partial charge >= 0.3 is 5.97 Å². The van der Waals surface area contributed by atoms with Crippen molar-refractivity contribution in [1.82, 2.24) is 0 Å². The summed E-state index contributed by atoms with van der Waals surface area (Å²) in [6.07, 6.45) is 0. The van der Waals surface area contributed by atoms with Crippen molar-refractivity contribution in [1.29, 1.82) is 0 Å². The molecule has 1 N–H and O–H groups in total. The molecule has 1 aliphatic rings. The van der Waals surface area contributed by atoms with Crippen LogP contribution in [0.1, 0.15) is 25.3 Å². The fourth-order valence-corrected chi connectivity index (χ4v) is 4.94. The number of rotatable bonds is 3. The summed E-state index contributed by atoms with van der Waals surface area (Å²) in [7, 11) is -0.372. The minimum Gasteiger partial charge on any atom is -0.478 e. The fourth-order valence-electron chi connectivity index (χ4n) is 3.02. The van der Waals surface area contributed by atoms with Gasteiger partial charge in [0, 0.05) is 28.0 Å². The van der Waals surface area contributed by atoms with Gasteiger partial charge in [-0.1, -0.05) is 23.7 Å². The second-order valence-electron chi connectivity index (χ2n) is 5.50. The molecular formula is C16H19ClNO2P. The van der Waals surface area contributed by atoms with E-state index in [-0.39, 0.29) is 19.5 Å². The van der Waals surface area contributed by atoms with Crippen LogP contribution in [0, 0.1) is 0 Å². The Hall–Kier alpha value is -1.18. The molecule has 2 atom stereocenters. The van der Waals surface area contributed by atoms with E-state index in [0.717, 1.165) is 11.3 Å². The molecule has 0 aliphatic carbocycles. The van der Waals surface area contributed by atoms with Crippen LogP contribution >= 0.6 is 19.5 Å². The third-order valence-electron chi connectivity index (χ3n) is 3.78. The quantitative estimate of drug-likeness (QED) is 0.840. The van der Waals surface area contributed by atoms with E-state index in [2.05, 4.69) is 18.3 Å².